The lowest BCUT2D eigenvalue weighted by Crippen LogP contribution is -2.37. The lowest BCUT2D eigenvalue weighted by atomic mass is 9.72. The van der Waals surface area contributed by atoms with Crippen molar-refractivity contribution in [2.45, 2.75) is 44.1 Å². The van der Waals surface area contributed by atoms with Crippen LogP contribution in [0.1, 0.15) is 42.9 Å². The zero-order valence-corrected chi connectivity index (χ0v) is 18.0. The molecule has 0 heterocycles. The smallest absolute Gasteiger partial charge is 0.320 e. The van der Waals surface area contributed by atoms with E-state index < -0.39 is 29.1 Å². The normalized spacial score (nSPS) is 19.0. The van der Waals surface area contributed by atoms with E-state index in [1.54, 1.807) is 18.9 Å². The minimum absolute atomic E-state index is 0. The van der Waals surface area contributed by atoms with Crippen molar-refractivity contribution in [3.63, 3.8) is 0 Å². The van der Waals surface area contributed by atoms with Gasteiger partial charge in [-0.2, -0.15) is 0 Å². The van der Waals surface area contributed by atoms with E-state index in [-0.39, 0.29) is 12.4 Å². The van der Waals surface area contributed by atoms with Gasteiger partial charge in [-0.1, -0.05) is 23.7 Å². The Morgan fingerprint density at radius 3 is 2.48 bits per heavy atom. The molecule has 0 amide bonds. The van der Waals surface area contributed by atoms with E-state index in [0.717, 1.165) is 29.5 Å². The number of nitrogens with zero attached hydrogens (tertiary/aromatic N) is 1. The third-order valence-electron chi connectivity index (χ3n) is 6.01. The fourth-order valence-electron chi connectivity index (χ4n) is 4.21. The van der Waals surface area contributed by atoms with Gasteiger partial charge in [-0.3, -0.25) is 9.69 Å². The van der Waals surface area contributed by atoms with Crippen molar-refractivity contribution in [2.24, 2.45) is 0 Å². The van der Waals surface area contributed by atoms with Gasteiger partial charge in [0.05, 0.1) is 0 Å². The molecule has 0 spiro atoms. The summed E-state index contributed by atoms with van der Waals surface area (Å²) in [6.07, 6.45) is 2.88. The number of carboxylic acid groups (broad SMARTS) is 1. The zero-order valence-electron chi connectivity index (χ0n) is 16.4. The third-order valence-corrected chi connectivity index (χ3v) is 6.26. The quantitative estimate of drug-likeness (QED) is 0.617. The number of hydrogen-bond acceptors (Lipinski definition) is 2. The summed E-state index contributed by atoms with van der Waals surface area (Å²) in [6.45, 7) is 2.25. The Morgan fingerprint density at radius 2 is 1.86 bits per heavy atom. The van der Waals surface area contributed by atoms with E-state index in [1.807, 2.05) is 24.3 Å². The average molecular weight is 444 g/mol. The number of aryl methyl sites for hydroxylation is 1. The molecule has 1 aliphatic carbocycles. The van der Waals surface area contributed by atoms with Gasteiger partial charge < -0.3 is 5.11 Å². The largest absolute Gasteiger partial charge is 0.480 e. The molecule has 0 aromatic heterocycles. The Balaban J connectivity index is 0.00000300. The average Bonchev–Trinajstić information content (AvgIpc) is 3.00. The second kappa shape index (κ2) is 9.41. The number of likely N-dealkylation sites (N-methyl/N-ethyl adjacent to an activating group) is 1. The molecule has 2 aromatic carbocycles. The van der Waals surface area contributed by atoms with E-state index in [9.17, 15) is 18.7 Å². The van der Waals surface area contributed by atoms with Crippen molar-refractivity contribution in [3.8, 4) is 0 Å². The molecule has 2 atom stereocenters. The van der Waals surface area contributed by atoms with E-state index in [1.165, 1.54) is 12.1 Å². The zero-order chi connectivity index (χ0) is 20.5. The Kier molecular flexibility index (Phi) is 7.66. The predicted molar refractivity (Wildman–Crippen MR) is 113 cm³/mol. The molecule has 2 unspecified atom stereocenters. The molecule has 3 rings (SSSR count). The molecule has 158 valence electrons. The summed E-state index contributed by atoms with van der Waals surface area (Å²) in [5.41, 5.74) is 2.25. The van der Waals surface area contributed by atoms with Crippen molar-refractivity contribution in [1.82, 2.24) is 4.90 Å². The number of fused-ring (bicyclic) bond motifs is 1. The van der Waals surface area contributed by atoms with Crippen LogP contribution in [0.5, 0.6) is 0 Å². The standard InChI is InChI=1S/C22H24ClF2NO2.ClH/c1-14(21(27)28)26(2)11-3-9-22(16-4-6-17(23)7-5-16)10-8-15-12-19(24)20(25)13-18(15)22;/h4-7,12-14H,3,8-11H2,1-2H3,(H,27,28);1H. The van der Waals surface area contributed by atoms with Crippen LogP contribution in [-0.2, 0) is 16.6 Å². The highest BCUT2D eigenvalue weighted by Gasteiger charge is 2.40. The maximum Gasteiger partial charge on any atom is 0.320 e. The topological polar surface area (TPSA) is 40.5 Å². The highest BCUT2D eigenvalue weighted by molar-refractivity contribution is 6.30. The minimum atomic E-state index is -0.862. The number of benzene rings is 2. The van der Waals surface area contributed by atoms with Crippen molar-refractivity contribution in [2.75, 3.05) is 13.6 Å². The SMILES string of the molecule is CC(C(=O)O)N(C)CCCC1(c2ccc(Cl)cc2)CCc2cc(F)c(F)cc21.Cl. The summed E-state index contributed by atoms with van der Waals surface area (Å²) in [7, 11) is 1.78. The number of rotatable bonds is 7. The molecular weight excluding hydrogens is 419 g/mol. The third kappa shape index (κ3) is 4.73. The van der Waals surface area contributed by atoms with Crippen LogP contribution in [0.4, 0.5) is 8.78 Å². The van der Waals surface area contributed by atoms with Gasteiger partial charge in [-0.05, 0) is 87.2 Å². The van der Waals surface area contributed by atoms with Crippen LogP contribution >= 0.6 is 24.0 Å². The van der Waals surface area contributed by atoms with Crippen LogP contribution < -0.4 is 0 Å². The summed E-state index contributed by atoms with van der Waals surface area (Å²) >= 11 is 6.05. The van der Waals surface area contributed by atoms with Gasteiger partial charge in [-0.25, -0.2) is 8.78 Å². The van der Waals surface area contributed by atoms with E-state index in [0.29, 0.717) is 24.4 Å². The molecule has 0 saturated heterocycles. The van der Waals surface area contributed by atoms with Crippen LogP contribution in [0.2, 0.25) is 5.02 Å². The first-order valence-corrected chi connectivity index (χ1v) is 9.80. The van der Waals surface area contributed by atoms with Gasteiger partial charge in [0.2, 0.25) is 0 Å². The summed E-state index contributed by atoms with van der Waals surface area (Å²) in [5.74, 6) is -2.52. The summed E-state index contributed by atoms with van der Waals surface area (Å²) in [4.78, 5) is 13.0. The van der Waals surface area contributed by atoms with Gasteiger partial charge in [-0.15, -0.1) is 12.4 Å². The molecule has 0 radical (unpaired) electrons. The van der Waals surface area contributed by atoms with E-state index in [4.69, 9.17) is 11.6 Å². The molecule has 1 N–H and O–H groups in total. The Labute approximate surface area is 181 Å². The molecule has 0 fully saturated rings. The molecule has 1 aliphatic rings. The highest BCUT2D eigenvalue weighted by Crippen LogP contribution is 2.48. The molecule has 0 saturated carbocycles. The first kappa shape index (κ1) is 23.6. The summed E-state index contributed by atoms with van der Waals surface area (Å²) < 4.78 is 27.8. The summed E-state index contributed by atoms with van der Waals surface area (Å²) in [6, 6.07) is 9.58. The predicted octanol–water partition coefficient (Wildman–Crippen LogP) is 5.46. The number of carboxylic acids is 1. The molecule has 2 aromatic rings. The van der Waals surface area contributed by atoms with Crippen molar-refractivity contribution >= 4 is 30.0 Å². The van der Waals surface area contributed by atoms with Crippen molar-refractivity contribution < 1.29 is 18.7 Å². The first-order valence-electron chi connectivity index (χ1n) is 9.42. The number of carbonyl (C=O) groups is 1. The second-order valence-electron chi connectivity index (χ2n) is 7.61. The van der Waals surface area contributed by atoms with Gasteiger partial charge in [0.25, 0.3) is 0 Å². The molecular formula is C22H25Cl2F2NO2. The summed E-state index contributed by atoms with van der Waals surface area (Å²) in [5, 5.41) is 9.80. The van der Waals surface area contributed by atoms with Crippen LogP contribution in [0.15, 0.2) is 36.4 Å². The highest BCUT2D eigenvalue weighted by atomic mass is 35.5. The van der Waals surface area contributed by atoms with E-state index >= 15 is 0 Å². The van der Waals surface area contributed by atoms with Crippen LogP contribution in [0.3, 0.4) is 0 Å². The monoisotopic (exact) mass is 443 g/mol. The minimum Gasteiger partial charge on any atom is -0.480 e. The lowest BCUT2D eigenvalue weighted by molar-refractivity contribution is -0.142. The number of halogens is 4. The molecule has 0 bridgehead atoms. The van der Waals surface area contributed by atoms with Crippen LogP contribution in [0.25, 0.3) is 0 Å². The van der Waals surface area contributed by atoms with E-state index in [2.05, 4.69) is 0 Å². The van der Waals surface area contributed by atoms with Gasteiger partial charge in [0.15, 0.2) is 11.6 Å². The van der Waals surface area contributed by atoms with Crippen LogP contribution in [0, 0.1) is 11.6 Å². The first-order chi connectivity index (χ1) is 13.2. The molecule has 0 aliphatic heterocycles. The molecule has 3 nitrogen and oxygen atoms in total. The van der Waals surface area contributed by atoms with Gasteiger partial charge in [0.1, 0.15) is 6.04 Å². The van der Waals surface area contributed by atoms with Crippen molar-refractivity contribution in [1.29, 1.82) is 0 Å². The fraction of sp³-hybridized carbons (Fsp3) is 0.409. The Bertz CT molecular complexity index is 876. The number of hydrogen-bond donors (Lipinski definition) is 1. The Morgan fingerprint density at radius 1 is 1.24 bits per heavy atom. The molecule has 7 heteroatoms. The van der Waals surface area contributed by atoms with Gasteiger partial charge >= 0.3 is 5.97 Å². The fourth-order valence-corrected chi connectivity index (χ4v) is 4.33. The Hall–Kier alpha value is -1.69. The maximum absolute atomic E-state index is 14.1. The number of aliphatic carboxylic acids is 1. The lowest BCUT2D eigenvalue weighted by Gasteiger charge is -2.33. The second-order valence-corrected chi connectivity index (χ2v) is 8.05. The molecule has 29 heavy (non-hydrogen) atoms. The van der Waals surface area contributed by atoms with Crippen LogP contribution in [-0.4, -0.2) is 35.6 Å². The van der Waals surface area contributed by atoms with Gasteiger partial charge in [0, 0.05) is 10.4 Å². The maximum atomic E-state index is 14.1. The van der Waals surface area contributed by atoms with Crippen molar-refractivity contribution in [3.05, 3.63) is 69.7 Å².